The van der Waals surface area contributed by atoms with Crippen molar-refractivity contribution in [3.63, 3.8) is 0 Å². The molecule has 0 rings (SSSR count). The number of nitrogens with zero attached hydrogens (tertiary/aromatic N) is 1. The Balaban J connectivity index is 2.66. The monoisotopic (exact) mass is 87.1 g/mol. The molecule has 0 atom stereocenters. The van der Waals surface area contributed by atoms with Crippen molar-refractivity contribution in [1.82, 2.24) is 11.0 Å². The van der Waals surface area contributed by atoms with Gasteiger partial charge in [0.05, 0.1) is 0 Å². The van der Waals surface area contributed by atoms with Crippen LogP contribution in [0.5, 0.6) is 0 Å². The van der Waals surface area contributed by atoms with Crippen LogP contribution in [-0.2, 0) is 0 Å². The van der Waals surface area contributed by atoms with Crippen LogP contribution in [0.1, 0.15) is 6.92 Å². The van der Waals surface area contributed by atoms with E-state index in [1.807, 2.05) is 6.92 Å². The summed E-state index contributed by atoms with van der Waals surface area (Å²) in [6.45, 7) is 1.84. The van der Waals surface area contributed by atoms with Gasteiger partial charge < -0.3 is 0 Å². The Morgan fingerprint density at radius 3 is 2.50 bits per heavy atom. The lowest BCUT2D eigenvalue weighted by Crippen LogP contribution is -2.20. The molecule has 6 heavy (non-hydrogen) atoms. The van der Waals surface area contributed by atoms with Crippen LogP contribution in [0.2, 0.25) is 0 Å². The summed E-state index contributed by atoms with van der Waals surface area (Å²) in [5, 5.41) is 3.60. The van der Waals surface area contributed by atoms with Gasteiger partial charge in [-0.05, 0) is 6.92 Å². The van der Waals surface area contributed by atoms with Crippen molar-refractivity contribution < 1.29 is 0 Å². The van der Waals surface area contributed by atoms with Crippen molar-refractivity contribution in [3.05, 3.63) is 0 Å². The zero-order valence-corrected chi connectivity index (χ0v) is 4.02. The lowest BCUT2D eigenvalue weighted by molar-refractivity contribution is 0.635. The van der Waals surface area contributed by atoms with E-state index in [1.54, 1.807) is 13.3 Å². The molecule has 0 aromatic carbocycles. The summed E-state index contributed by atoms with van der Waals surface area (Å²) in [5.74, 6) is 0. The molecule has 0 heterocycles. The van der Waals surface area contributed by atoms with E-state index in [4.69, 9.17) is 0 Å². The van der Waals surface area contributed by atoms with Crippen molar-refractivity contribution in [2.24, 2.45) is 5.10 Å². The minimum atomic E-state index is 1.66. The number of hydrogen-bond donors (Lipinski definition) is 2. The first-order valence-electron chi connectivity index (χ1n) is 1.81. The summed E-state index contributed by atoms with van der Waals surface area (Å²) in [4.78, 5) is 0. The smallest absolute Gasteiger partial charge is 0.0227 e. The predicted octanol–water partition coefficient (Wildman–Crippen LogP) is -0.284. The standard InChI is InChI=1S/C3H9N3/c1-3-5-6-4-2/h3-4,6H,1-2H3. The van der Waals surface area contributed by atoms with E-state index in [-0.39, 0.29) is 0 Å². The molecule has 3 heteroatoms. The molecule has 0 aromatic heterocycles. The Labute approximate surface area is 37.4 Å². The third-order valence-electron chi connectivity index (χ3n) is 0.305. The zero-order chi connectivity index (χ0) is 4.83. The maximum absolute atomic E-state index is 3.60. The second kappa shape index (κ2) is 4.43. The summed E-state index contributed by atoms with van der Waals surface area (Å²) in [7, 11) is 1.76. The normalized spacial score (nSPS) is 9.67. The molecule has 0 aliphatic rings. The van der Waals surface area contributed by atoms with E-state index >= 15 is 0 Å². The average molecular weight is 87.1 g/mol. The fourth-order valence-electron chi connectivity index (χ4n) is 0.129. The molecule has 0 amide bonds. The molecule has 0 saturated carbocycles. The zero-order valence-electron chi connectivity index (χ0n) is 4.02. The Hall–Kier alpha value is -0.570. The Morgan fingerprint density at radius 1 is 1.67 bits per heavy atom. The first-order chi connectivity index (χ1) is 2.91. The summed E-state index contributed by atoms with van der Waals surface area (Å²) in [6, 6.07) is 0. The van der Waals surface area contributed by atoms with Gasteiger partial charge in [0.25, 0.3) is 0 Å². The molecule has 0 aromatic rings. The van der Waals surface area contributed by atoms with Gasteiger partial charge in [-0.2, -0.15) is 5.10 Å². The van der Waals surface area contributed by atoms with Crippen LogP contribution in [0.4, 0.5) is 0 Å². The highest BCUT2D eigenvalue weighted by Crippen LogP contribution is 1.42. The quantitative estimate of drug-likeness (QED) is 0.359. The molecule has 0 radical (unpaired) electrons. The van der Waals surface area contributed by atoms with Crippen LogP contribution in [-0.4, -0.2) is 13.3 Å². The first kappa shape index (κ1) is 5.43. The highest BCUT2D eigenvalue weighted by Gasteiger charge is 1.54. The molecule has 0 bridgehead atoms. The predicted molar refractivity (Wildman–Crippen MR) is 26.4 cm³/mol. The summed E-state index contributed by atoms with van der Waals surface area (Å²) in [6.07, 6.45) is 1.66. The SMILES string of the molecule is CC=NNNC. The maximum Gasteiger partial charge on any atom is 0.0227 e. The number of rotatable bonds is 2. The third kappa shape index (κ3) is 3.43. The van der Waals surface area contributed by atoms with Crippen molar-refractivity contribution >= 4 is 6.21 Å². The summed E-state index contributed by atoms with van der Waals surface area (Å²) in [5.41, 5.74) is 5.14. The van der Waals surface area contributed by atoms with Gasteiger partial charge in [-0.1, -0.05) is 0 Å². The topological polar surface area (TPSA) is 36.4 Å². The van der Waals surface area contributed by atoms with Crippen molar-refractivity contribution in [3.8, 4) is 0 Å². The van der Waals surface area contributed by atoms with Crippen molar-refractivity contribution in [1.29, 1.82) is 0 Å². The molecule has 0 unspecified atom stereocenters. The van der Waals surface area contributed by atoms with Crippen LogP contribution in [0.15, 0.2) is 5.10 Å². The van der Waals surface area contributed by atoms with Gasteiger partial charge in [0.2, 0.25) is 0 Å². The van der Waals surface area contributed by atoms with E-state index in [0.29, 0.717) is 0 Å². The molecule has 2 N–H and O–H groups in total. The van der Waals surface area contributed by atoms with Crippen LogP contribution in [0, 0.1) is 0 Å². The van der Waals surface area contributed by atoms with Gasteiger partial charge in [-0.25, -0.2) is 11.0 Å². The van der Waals surface area contributed by atoms with Crippen LogP contribution in [0.25, 0.3) is 0 Å². The number of nitrogens with one attached hydrogen (secondary N) is 2. The molecule has 0 aliphatic heterocycles. The molecular weight excluding hydrogens is 78.1 g/mol. The van der Waals surface area contributed by atoms with E-state index in [1.165, 1.54) is 0 Å². The molecule has 3 nitrogen and oxygen atoms in total. The maximum atomic E-state index is 3.60. The lowest BCUT2D eigenvalue weighted by atomic mass is 10.9. The van der Waals surface area contributed by atoms with E-state index < -0.39 is 0 Å². The molecule has 0 spiro atoms. The Bertz CT molecular complexity index is 41.3. The van der Waals surface area contributed by atoms with E-state index in [9.17, 15) is 0 Å². The molecule has 0 aliphatic carbocycles. The van der Waals surface area contributed by atoms with Crippen LogP contribution in [0.3, 0.4) is 0 Å². The molecule has 36 valence electrons. The van der Waals surface area contributed by atoms with Gasteiger partial charge in [0.1, 0.15) is 0 Å². The number of hydrogen-bond acceptors (Lipinski definition) is 3. The molecule has 0 saturated heterocycles. The lowest BCUT2D eigenvalue weighted by Gasteiger charge is -1.88. The fourth-order valence-corrected chi connectivity index (χ4v) is 0.129. The number of hydrazine groups is 1. The van der Waals surface area contributed by atoms with Gasteiger partial charge in [0, 0.05) is 13.3 Å². The van der Waals surface area contributed by atoms with Gasteiger partial charge in [-0.3, -0.25) is 0 Å². The third-order valence-corrected chi connectivity index (χ3v) is 0.305. The van der Waals surface area contributed by atoms with Crippen LogP contribution < -0.4 is 11.0 Å². The fraction of sp³-hybridized carbons (Fsp3) is 0.667. The van der Waals surface area contributed by atoms with E-state index in [0.717, 1.165) is 0 Å². The van der Waals surface area contributed by atoms with Gasteiger partial charge >= 0.3 is 0 Å². The average Bonchev–Trinajstić information content (AvgIpc) is 1.61. The highest BCUT2D eigenvalue weighted by atomic mass is 15.5. The second-order valence-electron chi connectivity index (χ2n) is 0.749. The van der Waals surface area contributed by atoms with Crippen molar-refractivity contribution in [2.75, 3.05) is 7.05 Å². The van der Waals surface area contributed by atoms with Crippen LogP contribution >= 0.6 is 0 Å². The first-order valence-corrected chi connectivity index (χ1v) is 1.81. The summed E-state index contributed by atoms with van der Waals surface area (Å²) < 4.78 is 0. The highest BCUT2D eigenvalue weighted by molar-refractivity contribution is 5.52. The van der Waals surface area contributed by atoms with Crippen molar-refractivity contribution in [2.45, 2.75) is 6.92 Å². The van der Waals surface area contributed by atoms with Gasteiger partial charge in [-0.15, -0.1) is 0 Å². The Kier molecular flexibility index (Phi) is 4.01. The summed E-state index contributed by atoms with van der Waals surface area (Å²) >= 11 is 0. The minimum absolute atomic E-state index is 1.66. The van der Waals surface area contributed by atoms with E-state index in [2.05, 4.69) is 16.1 Å². The number of hydrazone groups is 1. The molecule has 0 fully saturated rings. The molecular formula is C3H9N3. The minimum Gasteiger partial charge on any atom is -0.244 e. The largest absolute Gasteiger partial charge is 0.244 e. The second-order valence-corrected chi connectivity index (χ2v) is 0.749. The van der Waals surface area contributed by atoms with Gasteiger partial charge in [0.15, 0.2) is 0 Å². The Morgan fingerprint density at radius 2 is 2.33 bits per heavy atom.